The summed E-state index contributed by atoms with van der Waals surface area (Å²) in [4.78, 5) is 0. The van der Waals surface area contributed by atoms with Crippen molar-refractivity contribution >= 4 is 15.9 Å². The molecule has 4 heteroatoms. The summed E-state index contributed by atoms with van der Waals surface area (Å²) < 4.78 is 12.1. The van der Waals surface area contributed by atoms with Crippen molar-refractivity contribution in [3.05, 3.63) is 58.1 Å². The maximum Gasteiger partial charge on any atom is 0.120 e. The van der Waals surface area contributed by atoms with Crippen LogP contribution in [0.1, 0.15) is 30.0 Å². The minimum atomic E-state index is -0.225. The Morgan fingerprint density at radius 3 is 2.67 bits per heavy atom. The average molecular weight is 348 g/mol. The van der Waals surface area contributed by atoms with Crippen LogP contribution in [-0.4, -0.2) is 13.2 Å². The van der Waals surface area contributed by atoms with Gasteiger partial charge in [-0.25, -0.2) is 0 Å². The van der Waals surface area contributed by atoms with Gasteiger partial charge < -0.3 is 15.2 Å². The summed E-state index contributed by atoms with van der Waals surface area (Å²) in [5, 5.41) is 0. The van der Waals surface area contributed by atoms with E-state index in [0.29, 0.717) is 6.10 Å². The molecular weight excluding hydrogens is 330 g/mol. The molecule has 3 rings (SSSR count). The fraction of sp³-hybridized carbons (Fsp3) is 0.294. The van der Waals surface area contributed by atoms with Crippen LogP contribution < -0.4 is 15.2 Å². The third-order valence-electron chi connectivity index (χ3n) is 3.58. The lowest BCUT2D eigenvalue weighted by molar-refractivity contribution is 0.303. The largest absolute Gasteiger partial charge is 0.497 e. The molecule has 2 aromatic rings. The van der Waals surface area contributed by atoms with Crippen molar-refractivity contribution in [2.45, 2.75) is 25.0 Å². The standard InChI is InChI=1S/C17H18BrNO2/c1-20-13-7-8-16(18)15(10-13)17(19)11-3-2-4-14(9-11)21-12-5-6-12/h2-4,7-10,12,17H,5-6,19H2,1H3. The zero-order chi connectivity index (χ0) is 14.8. The van der Waals surface area contributed by atoms with E-state index in [1.807, 2.05) is 42.5 Å². The lowest BCUT2D eigenvalue weighted by Crippen LogP contribution is -2.13. The smallest absolute Gasteiger partial charge is 0.120 e. The quantitative estimate of drug-likeness (QED) is 0.887. The first-order valence-corrected chi connectivity index (χ1v) is 7.82. The van der Waals surface area contributed by atoms with Gasteiger partial charge in [-0.1, -0.05) is 28.1 Å². The van der Waals surface area contributed by atoms with Crippen LogP contribution in [0, 0.1) is 0 Å². The Morgan fingerprint density at radius 1 is 1.14 bits per heavy atom. The zero-order valence-electron chi connectivity index (χ0n) is 11.9. The molecule has 3 nitrogen and oxygen atoms in total. The Labute approximate surface area is 133 Å². The molecule has 0 aromatic heterocycles. The summed E-state index contributed by atoms with van der Waals surface area (Å²) in [5.41, 5.74) is 8.44. The number of methoxy groups -OCH3 is 1. The average Bonchev–Trinajstić information content (AvgIpc) is 3.31. The van der Waals surface area contributed by atoms with Gasteiger partial charge in [-0.3, -0.25) is 0 Å². The van der Waals surface area contributed by atoms with Gasteiger partial charge in [0.15, 0.2) is 0 Å². The highest BCUT2D eigenvalue weighted by molar-refractivity contribution is 9.10. The number of rotatable bonds is 5. The van der Waals surface area contributed by atoms with Gasteiger partial charge in [0.05, 0.1) is 19.3 Å². The second-order valence-corrected chi connectivity index (χ2v) is 6.11. The molecule has 2 N–H and O–H groups in total. The Bertz CT molecular complexity index is 640. The molecule has 1 atom stereocenters. The molecule has 0 bridgehead atoms. The number of hydrogen-bond acceptors (Lipinski definition) is 3. The van der Waals surface area contributed by atoms with Crippen LogP contribution >= 0.6 is 15.9 Å². The van der Waals surface area contributed by atoms with Crippen molar-refractivity contribution in [2.75, 3.05) is 7.11 Å². The van der Waals surface area contributed by atoms with Gasteiger partial charge >= 0.3 is 0 Å². The topological polar surface area (TPSA) is 44.5 Å². The highest BCUT2D eigenvalue weighted by Crippen LogP contribution is 2.33. The van der Waals surface area contributed by atoms with Gasteiger partial charge in [-0.15, -0.1) is 0 Å². The molecule has 1 fully saturated rings. The first-order chi connectivity index (χ1) is 10.2. The Hall–Kier alpha value is -1.52. The molecule has 0 amide bonds. The van der Waals surface area contributed by atoms with E-state index in [2.05, 4.69) is 15.9 Å². The van der Waals surface area contributed by atoms with Crippen molar-refractivity contribution in [3.8, 4) is 11.5 Å². The number of ether oxygens (including phenoxy) is 2. The van der Waals surface area contributed by atoms with Crippen LogP contribution in [0.25, 0.3) is 0 Å². The molecule has 0 radical (unpaired) electrons. The van der Waals surface area contributed by atoms with Crippen LogP contribution in [0.3, 0.4) is 0 Å². The summed E-state index contributed by atoms with van der Waals surface area (Å²) in [5.74, 6) is 1.69. The highest BCUT2D eigenvalue weighted by Gasteiger charge is 2.23. The van der Waals surface area contributed by atoms with Gasteiger partial charge in [0.1, 0.15) is 11.5 Å². The van der Waals surface area contributed by atoms with E-state index in [0.717, 1.165) is 39.9 Å². The van der Waals surface area contributed by atoms with E-state index in [-0.39, 0.29) is 6.04 Å². The van der Waals surface area contributed by atoms with Crippen LogP contribution in [0.15, 0.2) is 46.9 Å². The maximum atomic E-state index is 6.41. The number of hydrogen-bond donors (Lipinski definition) is 1. The van der Waals surface area contributed by atoms with Gasteiger partial charge in [-0.2, -0.15) is 0 Å². The molecule has 2 aromatic carbocycles. The van der Waals surface area contributed by atoms with Crippen molar-refractivity contribution < 1.29 is 9.47 Å². The lowest BCUT2D eigenvalue weighted by Gasteiger charge is -2.16. The highest BCUT2D eigenvalue weighted by atomic mass is 79.9. The van der Waals surface area contributed by atoms with E-state index in [1.54, 1.807) is 7.11 Å². The van der Waals surface area contributed by atoms with Crippen LogP contribution in [0.4, 0.5) is 0 Å². The van der Waals surface area contributed by atoms with E-state index in [4.69, 9.17) is 15.2 Å². The fourth-order valence-corrected chi connectivity index (χ4v) is 2.72. The predicted octanol–water partition coefficient (Wildman–Crippen LogP) is 4.05. The fourth-order valence-electron chi connectivity index (χ4n) is 2.23. The molecule has 0 heterocycles. The van der Waals surface area contributed by atoms with Crippen molar-refractivity contribution in [3.63, 3.8) is 0 Å². The van der Waals surface area contributed by atoms with Gasteiger partial charge in [-0.05, 0) is 54.3 Å². The zero-order valence-corrected chi connectivity index (χ0v) is 13.5. The van der Waals surface area contributed by atoms with E-state index in [9.17, 15) is 0 Å². The Morgan fingerprint density at radius 2 is 1.95 bits per heavy atom. The molecule has 0 saturated heterocycles. The molecular formula is C17H18BrNO2. The summed E-state index contributed by atoms with van der Waals surface area (Å²) in [7, 11) is 1.66. The molecule has 1 aliphatic carbocycles. The van der Waals surface area contributed by atoms with Gasteiger partial charge in [0.25, 0.3) is 0 Å². The van der Waals surface area contributed by atoms with Crippen molar-refractivity contribution in [1.82, 2.24) is 0 Å². The summed E-state index contributed by atoms with van der Waals surface area (Å²) >= 11 is 3.56. The second-order valence-electron chi connectivity index (χ2n) is 5.25. The first kappa shape index (κ1) is 14.4. The van der Waals surface area contributed by atoms with Crippen LogP contribution in [0.5, 0.6) is 11.5 Å². The minimum Gasteiger partial charge on any atom is -0.497 e. The molecule has 21 heavy (non-hydrogen) atoms. The third kappa shape index (κ3) is 3.39. The van der Waals surface area contributed by atoms with E-state index >= 15 is 0 Å². The SMILES string of the molecule is COc1ccc(Br)c(C(N)c2cccc(OC3CC3)c2)c1. The Kier molecular flexibility index (Phi) is 4.17. The van der Waals surface area contributed by atoms with Crippen LogP contribution in [0.2, 0.25) is 0 Å². The van der Waals surface area contributed by atoms with Crippen molar-refractivity contribution in [2.24, 2.45) is 5.73 Å². The summed E-state index contributed by atoms with van der Waals surface area (Å²) in [6, 6.07) is 13.6. The third-order valence-corrected chi connectivity index (χ3v) is 4.30. The molecule has 110 valence electrons. The predicted molar refractivity (Wildman–Crippen MR) is 86.8 cm³/mol. The summed E-state index contributed by atoms with van der Waals surface area (Å²) in [6.07, 6.45) is 2.69. The molecule has 0 spiro atoms. The van der Waals surface area contributed by atoms with E-state index in [1.165, 1.54) is 0 Å². The number of benzene rings is 2. The molecule has 1 saturated carbocycles. The van der Waals surface area contributed by atoms with Crippen LogP contribution in [-0.2, 0) is 0 Å². The number of nitrogens with two attached hydrogens (primary N) is 1. The molecule has 1 aliphatic rings. The number of halogens is 1. The second kappa shape index (κ2) is 6.08. The van der Waals surface area contributed by atoms with Gasteiger partial charge in [0.2, 0.25) is 0 Å². The first-order valence-electron chi connectivity index (χ1n) is 7.03. The molecule has 0 aliphatic heterocycles. The lowest BCUT2D eigenvalue weighted by atomic mass is 9.99. The van der Waals surface area contributed by atoms with Crippen molar-refractivity contribution in [1.29, 1.82) is 0 Å². The summed E-state index contributed by atoms with van der Waals surface area (Å²) in [6.45, 7) is 0. The molecule has 1 unspecified atom stereocenters. The normalized spacial score (nSPS) is 15.6. The van der Waals surface area contributed by atoms with Gasteiger partial charge in [0, 0.05) is 4.47 Å². The minimum absolute atomic E-state index is 0.225. The van der Waals surface area contributed by atoms with E-state index < -0.39 is 0 Å². The monoisotopic (exact) mass is 347 g/mol. The maximum absolute atomic E-state index is 6.41. The Balaban J connectivity index is 1.88.